The third-order valence-electron chi connectivity index (χ3n) is 3.08. The van der Waals surface area contributed by atoms with Gasteiger partial charge in [0.15, 0.2) is 0 Å². The molecule has 1 heterocycles. The van der Waals surface area contributed by atoms with Crippen LogP contribution in [0, 0.1) is 5.92 Å². The van der Waals surface area contributed by atoms with Crippen LogP contribution < -0.4 is 15.4 Å². The van der Waals surface area contributed by atoms with Gasteiger partial charge in [-0.25, -0.2) is 0 Å². The van der Waals surface area contributed by atoms with Crippen LogP contribution in [0.5, 0.6) is 5.75 Å². The molecule has 1 aromatic rings. The van der Waals surface area contributed by atoms with Gasteiger partial charge in [-0.15, -0.1) is 0 Å². The van der Waals surface area contributed by atoms with Crippen LogP contribution in [0.3, 0.4) is 0 Å². The van der Waals surface area contributed by atoms with Crippen molar-refractivity contribution >= 4 is 23.4 Å². The first-order valence-electron chi connectivity index (χ1n) is 5.97. The second kappa shape index (κ2) is 5.93. The standard InChI is InChI=1S/C13H15ClN2O3/c1-19-11-4-2-3-10(14)9(11)7-16-13(18)8-5-12(17)15-6-8/h2-4,8H,5-7H2,1H3,(H,15,17)(H,16,18). The van der Waals surface area contributed by atoms with Crippen molar-refractivity contribution in [1.82, 2.24) is 10.6 Å². The average Bonchev–Trinajstić information content (AvgIpc) is 2.83. The molecule has 19 heavy (non-hydrogen) atoms. The van der Waals surface area contributed by atoms with E-state index in [1.54, 1.807) is 25.3 Å². The first-order valence-corrected chi connectivity index (χ1v) is 6.35. The van der Waals surface area contributed by atoms with E-state index in [1.807, 2.05) is 0 Å². The van der Waals surface area contributed by atoms with Crippen molar-refractivity contribution in [3.8, 4) is 5.75 Å². The van der Waals surface area contributed by atoms with Gasteiger partial charge < -0.3 is 15.4 Å². The van der Waals surface area contributed by atoms with Crippen molar-refractivity contribution in [1.29, 1.82) is 0 Å². The number of nitrogens with one attached hydrogen (secondary N) is 2. The van der Waals surface area contributed by atoms with Crippen molar-refractivity contribution in [2.24, 2.45) is 5.92 Å². The summed E-state index contributed by atoms with van der Waals surface area (Å²) >= 11 is 6.08. The summed E-state index contributed by atoms with van der Waals surface area (Å²) in [6.07, 6.45) is 0.242. The van der Waals surface area contributed by atoms with Crippen LogP contribution in [0.1, 0.15) is 12.0 Å². The third-order valence-corrected chi connectivity index (χ3v) is 3.44. The molecule has 0 aliphatic carbocycles. The Labute approximate surface area is 116 Å². The highest BCUT2D eigenvalue weighted by Crippen LogP contribution is 2.26. The summed E-state index contributed by atoms with van der Waals surface area (Å²) in [5.41, 5.74) is 0.734. The van der Waals surface area contributed by atoms with Crippen LogP contribution in [0.2, 0.25) is 5.02 Å². The Morgan fingerprint density at radius 1 is 1.58 bits per heavy atom. The highest BCUT2D eigenvalue weighted by atomic mass is 35.5. The van der Waals surface area contributed by atoms with E-state index in [0.29, 0.717) is 17.3 Å². The van der Waals surface area contributed by atoms with E-state index in [4.69, 9.17) is 16.3 Å². The van der Waals surface area contributed by atoms with Crippen LogP contribution in [0.25, 0.3) is 0 Å². The molecule has 0 bridgehead atoms. The van der Waals surface area contributed by atoms with Gasteiger partial charge in [0.2, 0.25) is 11.8 Å². The number of hydrogen-bond donors (Lipinski definition) is 2. The number of rotatable bonds is 4. The molecular weight excluding hydrogens is 268 g/mol. The Morgan fingerprint density at radius 2 is 2.37 bits per heavy atom. The molecule has 2 rings (SSSR count). The van der Waals surface area contributed by atoms with E-state index in [2.05, 4.69) is 10.6 Å². The highest BCUT2D eigenvalue weighted by molar-refractivity contribution is 6.31. The summed E-state index contributed by atoms with van der Waals surface area (Å²) in [7, 11) is 1.55. The maximum Gasteiger partial charge on any atom is 0.225 e. The molecule has 0 aromatic heterocycles. The van der Waals surface area contributed by atoms with Crippen LogP contribution in [0.15, 0.2) is 18.2 Å². The molecule has 1 fully saturated rings. The van der Waals surface area contributed by atoms with Crippen molar-refractivity contribution in [3.05, 3.63) is 28.8 Å². The predicted molar refractivity (Wildman–Crippen MR) is 71.0 cm³/mol. The largest absolute Gasteiger partial charge is 0.496 e. The summed E-state index contributed by atoms with van der Waals surface area (Å²) < 4.78 is 5.20. The lowest BCUT2D eigenvalue weighted by Crippen LogP contribution is -2.31. The van der Waals surface area contributed by atoms with E-state index in [-0.39, 0.29) is 30.7 Å². The minimum Gasteiger partial charge on any atom is -0.496 e. The number of amides is 2. The number of carbonyl (C=O) groups is 2. The number of halogens is 1. The van der Waals surface area contributed by atoms with Crippen LogP contribution in [-0.2, 0) is 16.1 Å². The molecule has 0 spiro atoms. The molecule has 0 radical (unpaired) electrons. The quantitative estimate of drug-likeness (QED) is 0.869. The monoisotopic (exact) mass is 282 g/mol. The second-order valence-electron chi connectivity index (χ2n) is 4.34. The average molecular weight is 283 g/mol. The smallest absolute Gasteiger partial charge is 0.225 e. The second-order valence-corrected chi connectivity index (χ2v) is 4.75. The fourth-order valence-corrected chi connectivity index (χ4v) is 2.24. The van der Waals surface area contributed by atoms with Crippen LogP contribution in [0.4, 0.5) is 0 Å². The Hall–Kier alpha value is -1.75. The van der Waals surface area contributed by atoms with Gasteiger partial charge >= 0.3 is 0 Å². The summed E-state index contributed by atoms with van der Waals surface area (Å²) in [6.45, 7) is 0.677. The van der Waals surface area contributed by atoms with Gasteiger partial charge in [0.1, 0.15) is 5.75 Å². The summed E-state index contributed by atoms with van der Waals surface area (Å²) in [4.78, 5) is 22.9. The van der Waals surface area contributed by atoms with Crippen molar-refractivity contribution in [2.75, 3.05) is 13.7 Å². The third kappa shape index (κ3) is 3.17. The minimum absolute atomic E-state index is 0.0875. The molecule has 1 atom stereocenters. The number of carbonyl (C=O) groups excluding carboxylic acids is 2. The SMILES string of the molecule is COc1cccc(Cl)c1CNC(=O)C1CNC(=O)C1. The Balaban J connectivity index is 1.99. The molecular formula is C13H15ClN2O3. The molecule has 6 heteroatoms. The number of ether oxygens (including phenoxy) is 1. The highest BCUT2D eigenvalue weighted by Gasteiger charge is 2.27. The van der Waals surface area contributed by atoms with Gasteiger partial charge in [-0.3, -0.25) is 9.59 Å². The van der Waals surface area contributed by atoms with Crippen LogP contribution in [-0.4, -0.2) is 25.5 Å². The zero-order valence-corrected chi connectivity index (χ0v) is 11.3. The Morgan fingerprint density at radius 3 is 3.00 bits per heavy atom. The van der Waals surface area contributed by atoms with E-state index < -0.39 is 0 Å². The molecule has 1 unspecified atom stereocenters. The fraction of sp³-hybridized carbons (Fsp3) is 0.385. The Bertz CT molecular complexity index is 505. The lowest BCUT2D eigenvalue weighted by molar-refractivity contribution is -0.126. The minimum atomic E-state index is -0.305. The van der Waals surface area contributed by atoms with Gasteiger partial charge in [0, 0.05) is 30.1 Å². The Kier molecular flexibility index (Phi) is 4.27. The molecule has 5 nitrogen and oxygen atoms in total. The summed E-state index contributed by atoms with van der Waals surface area (Å²) in [5, 5.41) is 5.96. The molecule has 1 aromatic carbocycles. The van der Waals surface area contributed by atoms with E-state index in [0.717, 1.165) is 5.56 Å². The van der Waals surface area contributed by atoms with Gasteiger partial charge in [-0.2, -0.15) is 0 Å². The lowest BCUT2D eigenvalue weighted by atomic mass is 10.1. The maximum atomic E-state index is 11.9. The van der Waals surface area contributed by atoms with E-state index in [9.17, 15) is 9.59 Å². The van der Waals surface area contributed by atoms with E-state index in [1.165, 1.54) is 0 Å². The molecule has 1 aliphatic heterocycles. The zero-order valence-electron chi connectivity index (χ0n) is 10.5. The molecule has 0 saturated carbocycles. The normalized spacial score (nSPS) is 18.0. The lowest BCUT2D eigenvalue weighted by Gasteiger charge is -2.13. The van der Waals surface area contributed by atoms with Crippen molar-refractivity contribution < 1.29 is 14.3 Å². The van der Waals surface area contributed by atoms with Gasteiger partial charge in [-0.05, 0) is 12.1 Å². The predicted octanol–water partition coefficient (Wildman–Crippen LogP) is 1.10. The molecule has 2 N–H and O–H groups in total. The van der Waals surface area contributed by atoms with Crippen molar-refractivity contribution in [2.45, 2.75) is 13.0 Å². The van der Waals surface area contributed by atoms with E-state index >= 15 is 0 Å². The molecule has 102 valence electrons. The fourth-order valence-electron chi connectivity index (χ4n) is 2.01. The van der Waals surface area contributed by atoms with Gasteiger partial charge in [-0.1, -0.05) is 17.7 Å². The number of methoxy groups -OCH3 is 1. The molecule has 1 aliphatic rings. The zero-order chi connectivity index (χ0) is 13.8. The summed E-state index contributed by atoms with van der Waals surface area (Å²) in [6, 6.07) is 5.31. The molecule has 2 amide bonds. The van der Waals surface area contributed by atoms with Gasteiger partial charge in [0.25, 0.3) is 0 Å². The van der Waals surface area contributed by atoms with Crippen LogP contribution >= 0.6 is 11.6 Å². The summed E-state index contributed by atoms with van der Waals surface area (Å²) in [5.74, 6) is 0.0882. The van der Waals surface area contributed by atoms with Gasteiger partial charge in [0.05, 0.1) is 13.0 Å². The number of hydrogen-bond acceptors (Lipinski definition) is 3. The maximum absolute atomic E-state index is 11.9. The number of benzene rings is 1. The first kappa shape index (κ1) is 13.7. The first-order chi connectivity index (χ1) is 9.11. The van der Waals surface area contributed by atoms with Crippen molar-refractivity contribution in [3.63, 3.8) is 0 Å². The molecule has 1 saturated heterocycles. The topological polar surface area (TPSA) is 67.4 Å².